The average molecular weight is 479 g/mol. The molecule has 0 aliphatic carbocycles. The molecule has 0 heterocycles. The predicted octanol–water partition coefficient (Wildman–Crippen LogP) is 6.73. The monoisotopic (exact) mass is 477 g/mol. The molecule has 3 rings (SSSR count). The third-order valence-corrected chi connectivity index (χ3v) is 5.77. The molecule has 0 aromatic heterocycles. The minimum Gasteiger partial charge on any atom is -0.462 e. The first kappa shape index (κ1) is 25.2. The zero-order chi connectivity index (χ0) is 21.7. The Balaban J connectivity index is 0.00000341. The molecular weight excluding hydrogens is 453 g/mol. The summed E-state index contributed by atoms with van der Waals surface area (Å²) in [5.74, 6) is -0.569. The lowest BCUT2D eigenvalue weighted by Crippen LogP contribution is -2.28. The summed E-state index contributed by atoms with van der Waals surface area (Å²) < 4.78 is 5.56. The number of carbonyl (C=O) groups is 1. The van der Waals surface area contributed by atoms with Crippen molar-refractivity contribution in [2.24, 2.45) is 0 Å². The molecule has 0 aliphatic rings. The number of ether oxygens (including phenoxy) is 1. The van der Waals surface area contributed by atoms with E-state index in [1.807, 2.05) is 44.4 Å². The van der Waals surface area contributed by atoms with Gasteiger partial charge in [0.05, 0.1) is 6.61 Å². The minimum absolute atomic E-state index is 0. The van der Waals surface area contributed by atoms with Gasteiger partial charge in [0, 0.05) is 34.5 Å². The number of fused-ring (bicyclic) bond motifs is 1. The summed E-state index contributed by atoms with van der Waals surface area (Å²) in [5, 5.41) is 3.47. The molecule has 3 aromatic rings. The highest BCUT2D eigenvalue weighted by molar-refractivity contribution is 6.35. The van der Waals surface area contributed by atoms with Crippen LogP contribution in [0.5, 0.6) is 0 Å². The van der Waals surface area contributed by atoms with Crippen LogP contribution in [0.1, 0.15) is 23.0 Å². The van der Waals surface area contributed by atoms with Crippen molar-refractivity contribution < 1.29 is 9.53 Å². The van der Waals surface area contributed by atoms with Crippen molar-refractivity contribution in [3.05, 3.63) is 94.5 Å². The van der Waals surface area contributed by atoms with E-state index in [1.54, 1.807) is 6.07 Å². The van der Waals surface area contributed by atoms with Gasteiger partial charge in [-0.15, -0.1) is 12.4 Å². The largest absolute Gasteiger partial charge is 0.462 e. The average Bonchev–Trinajstić information content (AvgIpc) is 2.72. The van der Waals surface area contributed by atoms with Crippen molar-refractivity contribution in [2.75, 3.05) is 27.2 Å². The highest BCUT2D eigenvalue weighted by atomic mass is 35.5. The maximum absolute atomic E-state index is 11.9. The van der Waals surface area contributed by atoms with Crippen LogP contribution in [0.3, 0.4) is 0 Å². The normalized spacial score (nSPS) is 12.8. The molecule has 0 aliphatic heterocycles. The Labute approximate surface area is 200 Å². The van der Waals surface area contributed by atoms with Crippen LogP contribution >= 0.6 is 35.6 Å². The fourth-order valence-corrected chi connectivity index (χ4v) is 4.41. The van der Waals surface area contributed by atoms with Gasteiger partial charge in [-0.25, -0.2) is 4.79 Å². The zero-order valence-corrected chi connectivity index (χ0v) is 19.9. The Kier molecular flexibility index (Phi) is 9.39. The quantitative estimate of drug-likeness (QED) is 0.266. The molecule has 0 N–H and O–H groups in total. The van der Waals surface area contributed by atoms with Gasteiger partial charge in [-0.2, -0.15) is 0 Å². The molecule has 0 saturated heterocycles. The molecular formula is C25H26Cl3NO2. The third kappa shape index (κ3) is 6.24. The topological polar surface area (TPSA) is 29.5 Å². The summed E-state index contributed by atoms with van der Waals surface area (Å²) in [7, 11) is 4.04. The molecule has 0 bridgehead atoms. The molecule has 3 nitrogen and oxygen atoms in total. The van der Waals surface area contributed by atoms with Crippen LogP contribution in [0.4, 0.5) is 0 Å². The van der Waals surface area contributed by atoms with Crippen molar-refractivity contribution in [1.82, 2.24) is 4.90 Å². The maximum Gasteiger partial charge on any atom is 0.330 e. The molecule has 0 fully saturated rings. The predicted molar refractivity (Wildman–Crippen MR) is 133 cm³/mol. The Bertz CT molecular complexity index is 1050. The smallest absolute Gasteiger partial charge is 0.330 e. The second-order valence-electron chi connectivity index (χ2n) is 7.54. The van der Waals surface area contributed by atoms with E-state index in [2.05, 4.69) is 35.7 Å². The fourth-order valence-electron chi connectivity index (χ4n) is 3.87. The van der Waals surface area contributed by atoms with Gasteiger partial charge in [-0.3, -0.25) is 0 Å². The van der Waals surface area contributed by atoms with E-state index in [1.165, 1.54) is 6.08 Å². The van der Waals surface area contributed by atoms with E-state index in [-0.39, 0.29) is 30.8 Å². The minimum atomic E-state index is -0.439. The molecule has 0 radical (unpaired) electrons. The van der Waals surface area contributed by atoms with Gasteiger partial charge in [0.2, 0.25) is 0 Å². The van der Waals surface area contributed by atoms with Gasteiger partial charge < -0.3 is 9.64 Å². The summed E-state index contributed by atoms with van der Waals surface area (Å²) in [4.78, 5) is 14.0. The lowest BCUT2D eigenvalue weighted by molar-refractivity contribution is -0.138. The molecule has 0 saturated carbocycles. The lowest BCUT2D eigenvalue weighted by atomic mass is 9.79. The fraction of sp³-hybridized carbons (Fsp3) is 0.240. The lowest BCUT2D eigenvalue weighted by Gasteiger charge is -2.31. The summed E-state index contributed by atoms with van der Waals surface area (Å²) in [5.41, 5.74) is 2.09. The van der Waals surface area contributed by atoms with Crippen LogP contribution in [-0.2, 0) is 9.53 Å². The van der Waals surface area contributed by atoms with Crippen LogP contribution in [0.15, 0.2) is 73.3 Å². The molecule has 6 heteroatoms. The Morgan fingerprint density at radius 2 is 1.74 bits per heavy atom. The summed E-state index contributed by atoms with van der Waals surface area (Å²) in [6.07, 6.45) is 1.19. The van der Waals surface area contributed by atoms with Crippen molar-refractivity contribution in [3.8, 4) is 0 Å². The van der Waals surface area contributed by atoms with E-state index in [0.717, 1.165) is 28.4 Å². The SMILES string of the molecule is C=CC(=O)OCC(c1cccc2ccccc12)C(CN(C)C)c1ccc(Cl)cc1Cl.Cl. The van der Waals surface area contributed by atoms with Crippen molar-refractivity contribution >= 4 is 52.4 Å². The number of carbonyl (C=O) groups excluding carboxylic acids is 1. The van der Waals surface area contributed by atoms with Crippen LogP contribution in [-0.4, -0.2) is 38.1 Å². The number of hydrogen-bond donors (Lipinski definition) is 0. The highest BCUT2D eigenvalue weighted by Gasteiger charge is 2.29. The van der Waals surface area contributed by atoms with Crippen molar-refractivity contribution in [3.63, 3.8) is 0 Å². The molecule has 31 heavy (non-hydrogen) atoms. The first-order chi connectivity index (χ1) is 14.4. The molecule has 2 unspecified atom stereocenters. The van der Waals surface area contributed by atoms with Crippen molar-refractivity contribution in [2.45, 2.75) is 11.8 Å². The van der Waals surface area contributed by atoms with Gasteiger partial charge in [0.25, 0.3) is 0 Å². The number of esters is 1. The van der Waals surface area contributed by atoms with E-state index >= 15 is 0 Å². The van der Waals surface area contributed by atoms with E-state index in [4.69, 9.17) is 27.9 Å². The summed E-state index contributed by atoms with van der Waals surface area (Å²) in [6, 6.07) is 20.0. The number of rotatable bonds is 8. The second kappa shape index (κ2) is 11.5. The number of benzene rings is 3. The molecule has 164 valence electrons. The number of likely N-dealkylation sites (N-methyl/N-ethyl adjacent to an activating group) is 1. The van der Waals surface area contributed by atoms with Crippen LogP contribution in [0.2, 0.25) is 10.0 Å². The Hall–Kier alpha value is -2.04. The first-order valence-electron chi connectivity index (χ1n) is 9.77. The summed E-state index contributed by atoms with van der Waals surface area (Å²) in [6.45, 7) is 4.46. The number of hydrogen-bond acceptors (Lipinski definition) is 3. The van der Waals surface area contributed by atoms with Gasteiger partial charge in [-0.05, 0) is 48.1 Å². The van der Waals surface area contributed by atoms with Gasteiger partial charge in [0.1, 0.15) is 0 Å². The van der Waals surface area contributed by atoms with Gasteiger partial charge >= 0.3 is 5.97 Å². The number of halogens is 3. The Morgan fingerprint density at radius 1 is 1.03 bits per heavy atom. The molecule has 0 spiro atoms. The first-order valence-corrected chi connectivity index (χ1v) is 10.5. The van der Waals surface area contributed by atoms with Crippen molar-refractivity contribution in [1.29, 1.82) is 0 Å². The summed E-state index contributed by atoms with van der Waals surface area (Å²) >= 11 is 12.8. The van der Waals surface area contributed by atoms with E-state index in [9.17, 15) is 4.79 Å². The van der Waals surface area contributed by atoms with E-state index < -0.39 is 5.97 Å². The van der Waals surface area contributed by atoms with E-state index in [0.29, 0.717) is 10.0 Å². The van der Waals surface area contributed by atoms with Gasteiger partial charge in [-0.1, -0.05) is 78.3 Å². The number of nitrogens with zero attached hydrogens (tertiary/aromatic N) is 1. The molecule has 3 aromatic carbocycles. The van der Waals surface area contributed by atoms with Crippen LogP contribution in [0.25, 0.3) is 10.8 Å². The molecule has 2 atom stereocenters. The standard InChI is InChI=1S/C25H25Cl2NO2.ClH/c1-4-25(29)30-16-23(20-11-7-9-17-8-5-6-10-19(17)20)22(15-28(2)3)21-13-12-18(26)14-24(21)27;/h4-14,22-23H,1,15-16H2,2-3H3;1H. The Morgan fingerprint density at radius 3 is 2.42 bits per heavy atom. The maximum atomic E-state index is 11.9. The molecule has 0 amide bonds. The zero-order valence-electron chi connectivity index (χ0n) is 17.6. The van der Waals surface area contributed by atoms with Crippen LogP contribution in [0, 0.1) is 0 Å². The third-order valence-electron chi connectivity index (χ3n) is 5.20. The highest BCUT2D eigenvalue weighted by Crippen LogP contribution is 2.40. The van der Waals surface area contributed by atoms with Crippen LogP contribution < -0.4 is 0 Å². The second-order valence-corrected chi connectivity index (χ2v) is 8.39. The van der Waals surface area contributed by atoms with Gasteiger partial charge in [0.15, 0.2) is 0 Å².